The molecular weight excluding hydrogens is 486 g/mol. The fourth-order valence-electron chi connectivity index (χ4n) is 3.41. The van der Waals surface area contributed by atoms with Crippen LogP contribution >= 0.6 is 12.6 Å². The number of thiol groups is 1. The average Bonchev–Trinajstić information content (AvgIpc) is 2.78. The third-order valence-electron chi connectivity index (χ3n) is 4.98. The van der Waals surface area contributed by atoms with Gasteiger partial charge in [0.05, 0.1) is 13.0 Å². The van der Waals surface area contributed by atoms with Gasteiger partial charge < -0.3 is 30.1 Å². The van der Waals surface area contributed by atoms with Crippen molar-refractivity contribution in [1.29, 1.82) is 0 Å². The molecule has 10 nitrogen and oxygen atoms in total. The van der Waals surface area contributed by atoms with Crippen LogP contribution in [0.1, 0.15) is 64.6 Å². The zero-order chi connectivity index (χ0) is 27.5. The van der Waals surface area contributed by atoms with Crippen molar-refractivity contribution in [3.05, 3.63) is 29.3 Å². The highest BCUT2D eigenvalue weighted by molar-refractivity contribution is 7.80. The summed E-state index contributed by atoms with van der Waals surface area (Å²) in [5, 5.41) is 16.0. The zero-order valence-corrected chi connectivity index (χ0v) is 22.8. The minimum atomic E-state index is -1.22. The molecule has 36 heavy (non-hydrogen) atoms. The van der Waals surface area contributed by atoms with Gasteiger partial charge in [0.25, 0.3) is 0 Å². The number of rotatable bonds is 12. The fraction of sp³-hybridized carbons (Fsp3) is 0.600. The molecule has 0 heterocycles. The van der Waals surface area contributed by atoms with E-state index in [1.165, 1.54) is 4.90 Å². The molecule has 0 fully saturated rings. The maximum Gasteiger partial charge on any atom is 0.408 e. The smallest absolute Gasteiger partial charge is 0.408 e. The van der Waals surface area contributed by atoms with Crippen LogP contribution in [0.25, 0.3) is 0 Å². The van der Waals surface area contributed by atoms with E-state index in [1.54, 1.807) is 52.8 Å². The predicted octanol–water partition coefficient (Wildman–Crippen LogP) is 2.87. The number of phenols is 1. The van der Waals surface area contributed by atoms with Gasteiger partial charge in [-0.05, 0) is 46.6 Å². The molecule has 3 N–H and O–H groups in total. The van der Waals surface area contributed by atoms with Gasteiger partial charge in [-0.1, -0.05) is 25.1 Å². The van der Waals surface area contributed by atoms with Crippen LogP contribution in [-0.2, 0) is 23.9 Å². The minimum absolute atomic E-state index is 0.0128. The highest BCUT2D eigenvalue weighted by atomic mass is 32.1. The van der Waals surface area contributed by atoms with Crippen LogP contribution in [0.2, 0.25) is 0 Å². The van der Waals surface area contributed by atoms with E-state index >= 15 is 0 Å². The molecule has 11 heteroatoms. The number of para-hydroxylation sites is 1. The maximum atomic E-state index is 13.6. The summed E-state index contributed by atoms with van der Waals surface area (Å²) >= 11 is 4.23. The molecule has 3 amide bonds. The number of hydrogen-bond acceptors (Lipinski definition) is 8. The second-order valence-electron chi connectivity index (χ2n) is 9.17. The number of ether oxygens (including phenoxy) is 2. The third kappa shape index (κ3) is 9.60. The van der Waals surface area contributed by atoms with Crippen molar-refractivity contribution >= 4 is 36.5 Å². The molecule has 0 spiro atoms. The first-order valence-corrected chi connectivity index (χ1v) is 12.6. The molecule has 2 atom stereocenters. The zero-order valence-electron chi connectivity index (χ0n) is 21.9. The van der Waals surface area contributed by atoms with Crippen molar-refractivity contribution < 1.29 is 33.8 Å². The molecule has 1 aromatic carbocycles. The van der Waals surface area contributed by atoms with Gasteiger partial charge in [-0.25, -0.2) is 4.79 Å². The summed E-state index contributed by atoms with van der Waals surface area (Å²) < 4.78 is 10.2. The van der Waals surface area contributed by atoms with E-state index in [0.29, 0.717) is 12.0 Å². The van der Waals surface area contributed by atoms with E-state index in [9.17, 15) is 24.3 Å². The Labute approximate surface area is 218 Å². The van der Waals surface area contributed by atoms with Crippen molar-refractivity contribution in [2.45, 2.75) is 72.1 Å². The molecule has 1 aromatic rings. The Morgan fingerprint density at radius 1 is 1.17 bits per heavy atom. The Morgan fingerprint density at radius 2 is 1.83 bits per heavy atom. The summed E-state index contributed by atoms with van der Waals surface area (Å²) in [6.07, 6.45) is -0.343. The lowest BCUT2D eigenvalue weighted by Crippen LogP contribution is -2.54. The molecule has 202 valence electrons. The van der Waals surface area contributed by atoms with Gasteiger partial charge in [0.2, 0.25) is 11.8 Å². The SMILES string of the molecule is CCCN(C(=O)C(CS)NC(=O)OC(C)(C)C)C(C(=O)NCCC(=O)OCC)c1cccc(C)c1O. The number of aryl methyl sites for hydroxylation is 1. The van der Waals surface area contributed by atoms with Gasteiger partial charge in [-0.2, -0.15) is 12.6 Å². The number of carbonyl (C=O) groups is 4. The standard InChI is InChI=1S/C25H39N3O7S/c1-7-14-28(23(32)18(15-36)27-24(33)35-25(4,5)6)20(17-11-9-10-16(3)21(17)30)22(31)26-13-12-19(29)34-8-2/h9-11,18,20,30,36H,7-8,12-15H2,1-6H3,(H,26,31)(H,27,33). The summed E-state index contributed by atoms with van der Waals surface area (Å²) in [6.45, 7) is 10.7. The highest BCUT2D eigenvalue weighted by Gasteiger charge is 2.36. The number of benzene rings is 1. The van der Waals surface area contributed by atoms with E-state index in [2.05, 4.69) is 23.3 Å². The number of hydrogen-bond donors (Lipinski definition) is 4. The summed E-state index contributed by atoms with van der Waals surface area (Å²) in [5.41, 5.74) is -0.0227. The molecule has 0 aliphatic carbocycles. The molecule has 0 bridgehead atoms. The molecule has 0 aromatic heterocycles. The van der Waals surface area contributed by atoms with E-state index in [-0.39, 0.29) is 43.2 Å². The highest BCUT2D eigenvalue weighted by Crippen LogP contribution is 2.32. The second-order valence-corrected chi connectivity index (χ2v) is 9.54. The summed E-state index contributed by atoms with van der Waals surface area (Å²) in [7, 11) is 0. The predicted molar refractivity (Wildman–Crippen MR) is 139 cm³/mol. The lowest BCUT2D eigenvalue weighted by atomic mass is 9.99. The first-order chi connectivity index (χ1) is 16.9. The molecule has 0 saturated carbocycles. The van der Waals surface area contributed by atoms with Crippen molar-refractivity contribution in [2.75, 3.05) is 25.4 Å². The second kappa shape index (κ2) is 14.6. The van der Waals surface area contributed by atoms with E-state index < -0.39 is 41.6 Å². The van der Waals surface area contributed by atoms with Crippen molar-refractivity contribution in [1.82, 2.24) is 15.5 Å². The average molecular weight is 526 g/mol. The van der Waals surface area contributed by atoms with Crippen molar-refractivity contribution in [3.8, 4) is 5.75 Å². The van der Waals surface area contributed by atoms with Crippen LogP contribution in [0.15, 0.2) is 18.2 Å². The minimum Gasteiger partial charge on any atom is -0.507 e. The normalized spacial score (nSPS) is 12.8. The van der Waals surface area contributed by atoms with Crippen LogP contribution in [0.5, 0.6) is 5.75 Å². The molecule has 0 aliphatic rings. The summed E-state index contributed by atoms with van der Waals surface area (Å²) in [5.74, 6) is -1.79. The molecule has 2 unspecified atom stereocenters. The number of nitrogens with one attached hydrogen (secondary N) is 2. The van der Waals surface area contributed by atoms with Gasteiger partial charge in [0, 0.05) is 24.4 Å². The number of phenolic OH excluding ortho intramolecular Hbond substituents is 1. The first kappa shape index (κ1) is 31.1. The maximum absolute atomic E-state index is 13.6. The van der Waals surface area contributed by atoms with Gasteiger partial charge in [-0.3, -0.25) is 14.4 Å². The van der Waals surface area contributed by atoms with Gasteiger partial charge in [0.1, 0.15) is 23.4 Å². The monoisotopic (exact) mass is 525 g/mol. The molecular formula is C25H39N3O7S. The molecule has 0 aliphatic heterocycles. The van der Waals surface area contributed by atoms with Gasteiger partial charge >= 0.3 is 12.1 Å². The Morgan fingerprint density at radius 3 is 2.39 bits per heavy atom. The van der Waals surface area contributed by atoms with Crippen molar-refractivity contribution in [3.63, 3.8) is 0 Å². The van der Waals surface area contributed by atoms with Crippen LogP contribution in [0.4, 0.5) is 4.79 Å². The van der Waals surface area contributed by atoms with Gasteiger partial charge in [-0.15, -0.1) is 0 Å². The number of aromatic hydroxyl groups is 1. The number of carbonyl (C=O) groups excluding carboxylic acids is 4. The Kier molecular flexibility index (Phi) is 12.6. The van der Waals surface area contributed by atoms with E-state index in [4.69, 9.17) is 9.47 Å². The Balaban J connectivity index is 3.33. The first-order valence-electron chi connectivity index (χ1n) is 12.0. The van der Waals surface area contributed by atoms with E-state index in [1.807, 2.05) is 6.92 Å². The third-order valence-corrected chi connectivity index (χ3v) is 5.34. The van der Waals surface area contributed by atoms with Gasteiger partial charge in [0.15, 0.2) is 0 Å². The lowest BCUT2D eigenvalue weighted by Gasteiger charge is -2.34. The van der Waals surface area contributed by atoms with Crippen LogP contribution in [-0.4, -0.2) is 71.0 Å². The lowest BCUT2D eigenvalue weighted by molar-refractivity contribution is -0.144. The largest absolute Gasteiger partial charge is 0.507 e. The summed E-state index contributed by atoms with van der Waals surface area (Å²) in [6, 6.07) is 2.61. The summed E-state index contributed by atoms with van der Waals surface area (Å²) in [4.78, 5) is 52.3. The van der Waals surface area contributed by atoms with E-state index in [0.717, 1.165) is 0 Å². The topological polar surface area (TPSA) is 134 Å². The van der Waals surface area contributed by atoms with Crippen LogP contribution in [0.3, 0.4) is 0 Å². The Bertz CT molecular complexity index is 917. The number of alkyl carbamates (subject to hydrolysis) is 1. The number of esters is 1. The Hall–Kier alpha value is -2.95. The van der Waals surface area contributed by atoms with Crippen molar-refractivity contribution in [2.24, 2.45) is 0 Å². The molecule has 1 rings (SSSR count). The molecule has 0 saturated heterocycles. The van der Waals surface area contributed by atoms with Crippen LogP contribution < -0.4 is 10.6 Å². The van der Waals surface area contributed by atoms with Crippen LogP contribution in [0, 0.1) is 6.92 Å². The quantitative estimate of drug-likeness (QED) is 0.243. The number of amides is 3. The fourth-order valence-corrected chi connectivity index (χ4v) is 3.66. The number of nitrogens with zero attached hydrogens (tertiary/aromatic N) is 1. The molecule has 0 radical (unpaired) electrons.